The van der Waals surface area contributed by atoms with Crippen LogP contribution in [-0.2, 0) is 4.74 Å². The zero-order valence-corrected chi connectivity index (χ0v) is 12.9. The van der Waals surface area contributed by atoms with Gasteiger partial charge in [0.05, 0.1) is 12.7 Å². The van der Waals surface area contributed by atoms with Crippen LogP contribution in [-0.4, -0.2) is 36.9 Å². The fraction of sp³-hybridized carbons (Fsp3) is 0.688. The van der Waals surface area contributed by atoms with Crippen LogP contribution in [0.1, 0.15) is 39.0 Å². The maximum absolute atomic E-state index is 5.90. The van der Waals surface area contributed by atoms with Crippen LogP contribution in [0.3, 0.4) is 0 Å². The van der Waals surface area contributed by atoms with E-state index in [0.717, 1.165) is 56.8 Å². The van der Waals surface area contributed by atoms with Crippen molar-refractivity contribution in [1.82, 2.24) is 4.98 Å². The van der Waals surface area contributed by atoms with E-state index in [0.29, 0.717) is 18.8 Å². The van der Waals surface area contributed by atoms with Crippen LogP contribution in [0.4, 0.5) is 5.82 Å². The van der Waals surface area contributed by atoms with Crippen molar-refractivity contribution in [3.05, 3.63) is 18.3 Å². The van der Waals surface area contributed by atoms with E-state index < -0.39 is 0 Å². The van der Waals surface area contributed by atoms with E-state index in [9.17, 15) is 0 Å². The first-order valence-electron chi connectivity index (χ1n) is 7.98. The van der Waals surface area contributed by atoms with Crippen molar-refractivity contribution in [3.8, 4) is 5.75 Å². The molecular weight excluding hydrogens is 266 g/mol. The maximum Gasteiger partial charge on any atom is 0.168 e. The van der Waals surface area contributed by atoms with Crippen molar-refractivity contribution in [1.29, 1.82) is 0 Å². The molecule has 0 radical (unpaired) electrons. The van der Waals surface area contributed by atoms with Gasteiger partial charge in [-0.05, 0) is 51.2 Å². The minimum absolute atomic E-state index is 0.382. The van der Waals surface area contributed by atoms with E-state index in [-0.39, 0.29) is 0 Å². The van der Waals surface area contributed by atoms with Crippen molar-refractivity contribution in [3.63, 3.8) is 0 Å². The second-order valence-electron chi connectivity index (χ2n) is 5.47. The number of pyridine rings is 1. The largest absolute Gasteiger partial charge is 0.490 e. The third-order valence-electron chi connectivity index (χ3n) is 3.76. The summed E-state index contributed by atoms with van der Waals surface area (Å²) in [4.78, 5) is 4.30. The molecule has 1 aromatic rings. The monoisotopic (exact) mass is 293 g/mol. The quantitative estimate of drug-likeness (QED) is 0.721. The normalized spacial score (nSPS) is 22.0. The zero-order chi connectivity index (χ0) is 14.9. The molecule has 0 bridgehead atoms. The summed E-state index contributed by atoms with van der Waals surface area (Å²) in [6.45, 7) is 4.24. The van der Waals surface area contributed by atoms with Crippen molar-refractivity contribution in [2.24, 2.45) is 5.73 Å². The minimum atomic E-state index is 0.382. The van der Waals surface area contributed by atoms with E-state index in [1.54, 1.807) is 6.20 Å². The molecule has 0 saturated heterocycles. The van der Waals surface area contributed by atoms with Gasteiger partial charge < -0.3 is 20.5 Å². The molecule has 0 amide bonds. The lowest BCUT2D eigenvalue weighted by Gasteiger charge is -2.26. The Labute approximate surface area is 127 Å². The van der Waals surface area contributed by atoms with Gasteiger partial charge in [0.25, 0.3) is 0 Å². The highest BCUT2D eigenvalue weighted by Crippen LogP contribution is 2.21. The third-order valence-corrected chi connectivity index (χ3v) is 3.76. The SMILES string of the molecule is CCOc1cccnc1NCCCOC1CCC(N)CC1. The van der Waals surface area contributed by atoms with Gasteiger partial charge >= 0.3 is 0 Å². The molecule has 0 atom stereocenters. The maximum atomic E-state index is 5.90. The number of hydrogen-bond donors (Lipinski definition) is 2. The van der Waals surface area contributed by atoms with Gasteiger partial charge in [0.15, 0.2) is 11.6 Å². The summed E-state index contributed by atoms with van der Waals surface area (Å²) in [5, 5.41) is 3.31. The van der Waals surface area contributed by atoms with Crippen LogP contribution < -0.4 is 15.8 Å². The Bertz CT molecular complexity index is 406. The Morgan fingerprint density at radius 3 is 2.90 bits per heavy atom. The molecule has 21 heavy (non-hydrogen) atoms. The molecule has 118 valence electrons. The van der Waals surface area contributed by atoms with E-state index in [1.807, 2.05) is 19.1 Å². The molecule has 0 aliphatic heterocycles. The lowest BCUT2D eigenvalue weighted by molar-refractivity contribution is 0.0251. The van der Waals surface area contributed by atoms with Gasteiger partial charge in [0, 0.05) is 25.4 Å². The second-order valence-corrected chi connectivity index (χ2v) is 5.47. The number of nitrogens with two attached hydrogens (primary N) is 1. The van der Waals surface area contributed by atoms with Crippen LogP contribution in [0.5, 0.6) is 5.75 Å². The fourth-order valence-corrected chi connectivity index (χ4v) is 2.58. The standard InChI is InChI=1S/C16H27N3O2/c1-2-20-15-5-3-10-18-16(15)19-11-4-12-21-14-8-6-13(17)7-9-14/h3,5,10,13-14H,2,4,6-9,11-12,17H2,1H3,(H,18,19). The van der Waals surface area contributed by atoms with Crippen LogP contribution in [0.15, 0.2) is 18.3 Å². The number of rotatable bonds is 8. The third kappa shape index (κ3) is 5.52. The Balaban J connectivity index is 1.61. The summed E-state index contributed by atoms with van der Waals surface area (Å²) >= 11 is 0. The predicted molar refractivity (Wildman–Crippen MR) is 84.7 cm³/mol. The molecule has 0 aromatic carbocycles. The van der Waals surface area contributed by atoms with E-state index in [2.05, 4.69) is 10.3 Å². The first-order valence-corrected chi connectivity index (χ1v) is 7.98. The summed E-state index contributed by atoms with van der Waals surface area (Å²) < 4.78 is 11.4. The molecule has 3 N–H and O–H groups in total. The molecular formula is C16H27N3O2. The van der Waals surface area contributed by atoms with E-state index >= 15 is 0 Å². The molecule has 1 aliphatic rings. The minimum Gasteiger partial charge on any atom is -0.490 e. The number of nitrogens with zero attached hydrogens (tertiary/aromatic N) is 1. The summed E-state index contributed by atoms with van der Waals surface area (Å²) in [5.41, 5.74) is 5.89. The molecule has 0 unspecified atom stereocenters. The highest BCUT2D eigenvalue weighted by Gasteiger charge is 2.18. The first kappa shape index (κ1) is 16.0. The molecule has 2 rings (SSSR count). The lowest BCUT2D eigenvalue weighted by Crippen LogP contribution is -2.30. The van der Waals surface area contributed by atoms with E-state index in [4.69, 9.17) is 15.2 Å². The highest BCUT2D eigenvalue weighted by molar-refractivity contribution is 5.49. The van der Waals surface area contributed by atoms with Crippen LogP contribution >= 0.6 is 0 Å². The average molecular weight is 293 g/mol. The van der Waals surface area contributed by atoms with Gasteiger partial charge in [-0.25, -0.2) is 4.98 Å². The molecule has 1 aliphatic carbocycles. The van der Waals surface area contributed by atoms with Gasteiger partial charge in [-0.15, -0.1) is 0 Å². The summed E-state index contributed by atoms with van der Waals surface area (Å²) in [6.07, 6.45) is 7.52. The van der Waals surface area contributed by atoms with E-state index in [1.165, 1.54) is 0 Å². The van der Waals surface area contributed by atoms with Gasteiger partial charge in [0.1, 0.15) is 0 Å². The number of ether oxygens (including phenoxy) is 2. The van der Waals surface area contributed by atoms with Crippen LogP contribution in [0, 0.1) is 0 Å². The summed E-state index contributed by atoms with van der Waals surface area (Å²) in [5.74, 6) is 1.62. The topological polar surface area (TPSA) is 69.4 Å². The van der Waals surface area contributed by atoms with Gasteiger partial charge in [-0.1, -0.05) is 0 Å². The van der Waals surface area contributed by atoms with Crippen molar-refractivity contribution in [2.75, 3.05) is 25.1 Å². The van der Waals surface area contributed by atoms with Crippen LogP contribution in [0.2, 0.25) is 0 Å². The van der Waals surface area contributed by atoms with Gasteiger partial charge in [-0.3, -0.25) is 0 Å². The van der Waals surface area contributed by atoms with Crippen LogP contribution in [0.25, 0.3) is 0 Å². The molecule has 1 saturated carbocycles. The molecule has 1 heterocycles. The average Bonchev–Trinajstić information content (AvgIpc) is 2.51. The zero-order valence-electron chi connectivity index (χ0n) is 12.9. The number of anilines is 1. The molecule has 5 nitrogen and oxygen atoms in total. The van der Waals surface area contributed by atoms with Crippen molar-refractivity contribution < 1.29 is 9.47 Å². The Morgan fingerprint density at radius 2 is 2.14 bits per heavy atom. The number of hydrogen-bond acceptors (Lipinski definition) is 5. The Kier molecular flexibility index (Phi) is 6.76. The van der Waals surface area contributed by atoms with Gasteiger partial charge in [-0.2, -0.15) is 0 Å². The second kappa shape index (κ2) is 8.85. The fourth-order valence-electron chi connectivity index (χ4n) is 2.58. The summed E-state index contributed by atoms with van der Waals surface area (Å²) in [6, 6.07) is 4.20. The molecule has 1 aromatic heterocycles. The highest BCUT2D eigenvalue weighted by atomic mass is 16.5. The Morgan fingerprint density at radius 1 is 1.33 bits per heavy atom. The van der Waals surface area contributed by atoms with Crippen molar-refractivity contribution >= 4 is 5.82 Å². The Hall–Kier alpha value is -1.33. The lowest BCUT2D eigenvalue weighted by atomic mass is 9.94. The first-order chi connectivity index (χ1) is 10.3. The number of nitrogens with one attached hydrogen (secondary N) is 1. The smallest absolute Gasteiger partial charge is 0.168 e. The molecule has 1 fully saturated rings. The molecule has 0 spiro atoms. The predicted octanol–water partition coefficient (Wildman–Crippen LogP) is 2.57. The number of aromatic nitrogens is 1. The summed E-state index contributed by atoms with van der Waals surface area (Å²) in [7, 11) is 0. The van der Waals surface area contributed by atoms with Crippen molar-refractivity contribution in [2.45, 2.75) is 51.2 Å². The molecule has 5 heteroatoms. The van der Waals surface area contributed by atoms with Gasteiger partial charge in [0.2, 0.25) is 0 Å².